The van der Waals surface area contributed by atoms with Gasteiger partial charge in [0.25, 0.3) is 0 Å². The minimum absolute atomic E-state index is 0.0865. The van der Waals surface area contributed by atoms with Crippen molar-refractivity contribution in [1.29, 1.82) is 0 Å². The molecule has 0 saturated heterocycles. The van der Waals surface area contributed by atoms with E-state index in [0.717, 1.165) is 18.2 Å². The number of nitrogens with one attached hydrogen (secondary N) is 1. The van der Waals surface area contributed by atoms with Gasteiger partial charge in [0.1, 0.15) is 5.82 Å². The van der Waals surface area contributed by atoms with Crippen LogP contribution in [0.2, 0.25) is 0 Å². The van der Waals surface area contributed by atoms with E-state index in [1.165, 1.54) is 10.9 Å². The van der Waals surface area contributed by atoms with Crippen molar-refractivity contribution in [1.82, 2.24) is 15.1 Å². The summed E-state index contributed by atoms with van der Waals surface area (Å²) in [6.07, 6.45) is -3.02. The molecule has 1 heterocycles. The molecule has 1 atom stereocenters. The lowest BCUT2D eigenvalue weighted by atomic mass is 10.0. The highest BCUT2D eigenvalue weighted by atomic mass is 79.9. The molecule has 1 aromatic carbocycles. The SMILES string of the molecule is CNC(c1cc(C(F)(F)F)ccc1F)c1c(Br)cnn1C. The summed E-state index contributed by atoms with van der Waals surface area (Å²) in [4.78, 5) is 0. The van der Waals surface area contributed by atoms with E-state index in [1.807, 2.05) is 0 Å². The molecule has 2 rings (SSSR count). The average Bonchev–Trinajstić information content (AvgIpc) is 2.72. The Morgan fingerprint density at radius 2 is 2.00 bits per heavy atom. The van der Waals surface area contributed by atoms with E-state index in [2.05, 4.69) is 26.3 Å². The Hall–Kier alpha value is -1.41. The predicted octanol–water partition coefficient (Wildman–Crippen LogP) is 3.65. The van der Waals surface area contributed by atoms with Crippen LogP contribution < -0.4 is 5.32 Å². The number of benzene rings is 1. The first-order chi connectivity index (χ1) is 9.75. The predicted molar refractivity (Wildman–Crippen MR) is 73.2 cm³/mol. The molecule has 2 aromatic rings. The molecule has 0 bridgehead atoms. The molecule has 0 amide bonds. The molecule has 3 nitrogen and oxygen atoms in total. The van der Waals surface area contributed by atoms with Crippen molar-refractivity contribution >= 4 is 15.9 Å². The second-order valence-electron chi connectivity index (χ2n) is 4.46. The molecule has 0 aliphatic rings. The van der Waals surface area contributed by atoms with Crippen molar-refractivity contribution in [3.05, 3.63) is 51.5 Å². The lowest BCUT2D eigenvalue weighted by Crippen LogP contribution is -2.23. The van der Waals surface area contributed by atoms with Crippen LogP contribution in [0.25, 0.3) is 0 Å². The van der Waals surface area contributed by atoms with Crippen molar-refractivity contribution in [3.63, 3.8) is 0 Å². The van der Waals surface area contributed by atoms with Gasteiger partial charge in [-0.1, -0.05) is 0 Å². The van der Waals surface area contributed by atoms with Crippen molar-refractivity contribution < 1.29 is 17.6 Å². The molecule has 0 aliphatic heterocycles. The zero-order chi connectivity index (χ0) is 15.8. The molecule has 8 heteroatoms. The maximum absolute atomic E-state index is 14.0. The average molecular weight is 366 g/mol. The van der Waals surface area contributed by atoms with Crippen molar-refractivity contribution in [2.24, 2.45) is 7.05 Å². The first kappa shape index (κ1) is 16.0. The lowest BCUT2D eigenvalue weighted by Gasteiger charge is -2.20. The summed E-state index contributed by atoms with van der Waals surface area (Å²) >= 11 is 3.27. The van der Waals surface area contributed by atoms with Gasteiger partial charge in [-0.3, -0.25) is 4.68 Å². The van der Waals surface area contributed by atoms with Crippen LogP contribution in [0.5, 0.6) is 0 Å². The van der Waals surface area contributed by atoms with Crippen LogP contribution in [0.15, 0.2) is 28.9 Å². The molecule has 0 fully saturated rings. The highest BCUT2D eigenvalue weighted by Crippen LogP contribution is 2.34. The van der Waals surface area contributed by atoms with E-state index >= 15 is 0 Å². The van der Waals surface area contributed by atoms with Gasteiger partial charge >= 0.3 is 6.18 Å². The smallest absolute Gasteiger partial charge is 0.308 e. The summed E-state index contributed by atoms with van der Waals surface area (Å²) in [7, 11) is 3.18. The number of nitrogens with zero attached hydrogens (tertiary/aromatic N) is 2. The summed E-state index contributed by atoms with van der Waals surface area (Å²) in [5.74, 6) is -0.713. The zero-order valence-corrected chi connectivity index (χ0v) is 12.8. The van der Waals surface area contributed by atoms with Crippen LogP contribution in [0.4, 0.5) is 17.6 Å². The van der Waals surface area contributed by atoms with E-state index in [0.29, 0.717) is 10.2 Å². The quantitative estimate of drug-likeness (QED) is 0.841. The van der Waals surface area contributed by atoms with Crippen molar-refractivity contribution in [2.45, 2.75) is 12.2 Å². The second-order valence-corrected chi connectivity index (χ2v) is 5.31. The van der Waals surface area contributed by atoms with Gasteiger partial charge in [-0.15, -0.1) is 0 Å². The van der Waals surface area contributed by atoms with Gasteiger partial charge in [-0.05, 0) is 41.2 Å². The van der Waals surface area contributed by atoms with Gasteiger partial charge in [0.2, 0.25) is 0 Å². The minimum Gasteiger partial charge on any atom is -0.308 e. The highest BCUT2D eigenvalue weighted by Gasteiger charge is 2.32. The topological polar surface area (TPSA) is 29.9 Å². The Morgan fingerprint density at radius 1 is 1.33 bits per heavy atom. The standard InChI is InChI=1S/C13H12BrF4N3/c1-19-11(12-9(14)6-20-21(12)2)8-5-7(13(16,17)18)3-4-10(8)15/h3-6,11,19H,1-2H3. The van der Waals surface area contributed by atoms with Gasteiger partial charge in [0.05, 0.1) is 28.0 Å². The Kier molecular flexibility index (Phi) is 4.38. The van der Waals surface area contributed by atoms with Crippen LogP contribution in [-0.4, -0.2) is 16.8 Å². The third kappa shape index (κ3) is 3.11. The van der Waals surface area contributed by atoms with E-state index in [4.69, 9.17) is 0 Å². The molecule has 0 spiro atoms. The fourth-order valence-electron chi connectivity index (χ4n) is 2.13. The summed E-state index contributed by atoms with van der Waals surface area (Å²) < 4.78 is 54.5. The van der Waals surface area contributed by atoms with E-state index in [-0.39, 0.29) is 5.56 Å². The molecule has 0 saturated carbocycles. The van der Waals surface area contributed by atoms with E-state index in [1.54, 1.807) is 14.1 Å². The molecule has 0 radical (unpaired) electrons. The number of alkyl halides is 3. The van der Waals surface area contributed by atoms with E-state index < -0.39 is 23.6 Å². The Labute approximate surface area is 127 Å². The molecule has 0 aliphatic carbocycles. The number of hydrogen-bond acceptors (Lipinski definition) is 2. The van der Waals surface area contributed by atoms with Crippen LogP contribution in [0.1, 0.15) is 22.9 Å². The molecule has 114 valence electrons. The second kappa shape index (κ2) is 5.76. The summed E-state index contributed by atoms with van der Waals surface area (Å²) in [5, 5.41) is 6.82. The molecule has 1 N–H and O–H groups in total. The molecular weight excluding hydrogens is 354 g/mol. The summed E-state index contributed by atoms with van der Waals surface area (Å²) in [6.45, 7) is 0. The van der Waals surface area contributed by atoms with Gasteiger partial charge in [-0.25, -0.2) is 4.39 Å². The first-order valence-electron chi connectivity index (χ1n) is 5.97. The largest absolute Gasteiger partial charge is 0.416 e. The molecule has 21 heavy (non-hydrogen) atoms. The van der Waals surface area contributed by atoms with Crippen LogP contribution >= 0.6 is 15.9 Å². The maximum atomic E-state index is 14.0. The zero-order valence-electron chi connectivity index (χ0n) is 11.2. The number of rotatable bonds is 3. The molecule has 1 unspecified atom stereocenters. The highest BCUT2D eigenvalue weighted by molar-refractivity contribution is 9.10. The van der Waals surface area contributed by atoms with Gasteiger partial charge in [0.15, 0.2) is 0 Å². The fourth-order valence-corrected chi connectivity index (χ4v) is 2.70. The van der Waals surface area contributed by atoms with Crippen LogP contribution in [0.3, 0.4) is 0 Å². The number of hydrogen-bond donors (Lipinski definition) is 1. The Bertz CT molecular complexity index is 632. The third-order valence-electron chi connectivity index (χ3n) is 3.13. The van der Waals surface area contributed by atoms with Crippen molar-refractivity contribution in [3.8, 4) is 0 Å². The van der Waals surface area contributed by atoms with Crippen LogP contribution in [0, 0.1) is 5.82 Å². The third-order valence-corrected chi connectivity index (χ3v) is 3.75. The Morgan fingerprint density at radius 3 is 2.48 bits per heavy atom. The summed E-state index contributed by atoms with van der Waals surface area (Å²) in [5.41, 5.74) is -0.440. The molecular formula is C13H12BrF4N3. The minimum atomic E-state index is -4.52. The molecule has 1 aromatic heterocycles. The number of halogens is 5. The number of aromatic nitrogens is 2. The first-order valence-corrected chi connectivity index (χ1v) is 6.76. The summed E-state index contributed by atoms with van der Waals surface area (Å²) in [6, 6.07) is 1.61. The number of aryl methyl sites for hydroxylation is 1. The monoisotopic (exact) mass is 365 g/mol. The van der Waals surface area contributed by atoms with Gasteiger partial charge in [-0.2, -0.15) is 18.3 Å². The normalized spacial score (nSPS) is 13.5. The maximum Gasteiger partial charge on any atom is 0.416 e. The van der Waals surface area contributed by atoms with Crippen molar-refractivity contribution in [2.75, 3.05) is 7.05 Å². The van der Waals surface area contributed by atoms with Crippen LogP contribution in [-0.2, 0) is 13.2 Å². The Balaban J connectivity index is 2.58. The van der Waals surface area contributed by atoms with Gasteiger partial charge in [0, 0.05) is 12.6 Å². The fraction of sp³-hybridized carbons (Fsp3) is 0.308. The van der Waals surface area contributed by atoms with Gasteiger partial charge < -0.3 is 5.32 Å². The lowest BCUT2D eigenvalue weighted by molar-refractivity contribution is -0.137. The van der Waals surface area contributed by atoms with E-state index in [9.17, 15) is 17.6 Å².